The zero-order valence-electron chi connectivity index (χ0n) is 11.2. The smallest absolute Gasteiger partial charge is 0.387 e. The Bertz CT molecular complexity index is 662. The van der Waals surface area contributed by atoms with E-state index in [0.717, 1.165) is 6.07 Å². The molecular weight excluding hydrogens is 319 g/mol. The highest BCUT2D eigenvalue weighted by Crippen LogP contribution is 2.20. The van der Waals surface area contributed by atoms with Gasteiger partial charge >= 0.3 is 6.61 Å². The Hall–Kier alpha value is -2.21. The molecule has 0 unspecified atom stereocenters. The van der Waals surface area contributed by atoms with E-state index in [4.69, 9.17) is 11.6 Å². The number of amides is 1. The van der Waals surface area contributed by atoms with Crippen molar-refractivity contribution in [1.82, 2.24) is 0 Å². The van der Waals surface area contributed by atoms with E-state index in [1.54, 1.807) is 0 Å². The molecule has 22 heavy (non-hydrogen) atoms. The number of ether oxygens (including phenoxy) is 1. The van der Waals surface area contributed by atoms with Crippen LogP contribution >= 0.6 is 11.6 Å². The normalized spacial score (nSPS) is 10.6. The van der Waals surface area contributed by atoms with E-state index in [1.807, 2.05) is 0 Å². The van der Waals surface area contributed by atoms with E-state index in [9.17, 15) is 18.0 Å². The number of carbonyl (C=O) groups excluding carboxylic acids is 1. The van der Waals surface area contributed by atoms with Crippen molar-refractivity contribution in [3.8, 4) is 5.75 Å². The first-order valence-electron chi connectivity index (χ1n) is 6.22. The molecule has 0 aromatic heterocycles. The molecule has 2 aromatic carbocycles. The van der Waals surface area contributed by atoms with Crippen molar-refractivity contribution in [1.29, 1.82) is 0 Å². The number of anilines is 1. The van der Waals surface area contributed by atoms with Gasteiger partial charge in [0, 0.05) is 5.69 Å². The van der Waals surface area contributed by atoms with Crippen LogP contribution < -0.4 is 10.1 Å². The van der Waals surface area contributed by atoms with Crippen molar-refractivity contribution in [3.63, 3.8) is 0 Å². The fraction of sp³-hybridized carbons (Fsp3) is 0.133. The summed E-state index contributed by atoms with van der Waals surface area (Å²) >= 11 is 5.61. The molecule has 0 atom stereocenters. The summed E-state index contributed by atoms with van der Waals surface area (Å²) in [6.45, 7) is -2.89. The lowest BCUT2D eigenvalue weighted by Crippen LogP contribution is -2.14. The quantitative estimate of drug-likeness (QED) is 0.890. The number of alkyl halides is 2. The molecule has 2 aromatic rings. The first-order chi connectivity index (χ1) is 10.4. The van der Waals surface area contributed by atoms with Crippen LogP contribution in [0.1, 0.15) is 5.56 Å². The zero-order valence-corrected chi connectivity index (χ0v) is 11.9. The van der Waals surface area contributed by atoms with E-state index in [0.29, 0.717) is 11.3 Å². The molecule has 0 radical (unpaired) electrons. The molecule has 0 aliphatic rings. The minimum atomic E-state index is -2.89. The van der Waals surface area contributed by atoms with Gasteiger partial charge in [0.25, 0.3) is 0 Å². The van der Waals surface area contributed by atoms with Crippen molar-refractivity contribution < 1.29 is 22.7 Å². The van der Waals surface area contributed by atoms with Gasteiger partial charge in [-0.15, -0.1) is 0 Å². The topological polar surface area (TPSA) is 38.3 Å². The van der Waals surface area contributed by atoms with Crippen LogP contribution in [-0.2, 0) is 11.2 Å². The Morgan fingerprint density at radius 2 is 1.86 bits per heavy atom. The van der Waals surface area contributed by atoms with E-state index >= 15 is 0 Å². The van der Waals surface area contributed by atoms with E-state index in [1.165, 1.54) is 36.4 Å². The highest BCUT2D eigenvalue weighted by atomic mass is 35.5. The Labute approximate surface area is 129 Å². The summed E-state index contributed by atoms with van der Waals surface area (Å²) in [4.78, 5) is 11.8. The van der Waals surface area contributed by atoms with Gasteiger partial charge in [0.05, 0.1) is 11.4 Å². The molecule has 116 valence electrons. The second-order valence-corrected chi connectivity index (χ2v) is 4.78. The maximum Gasteiger partial charge on any atom is 0.387 e. The maximum atomic E-state index is 13.0. The third kappa shape index (κ3) is 4.66. The van der Waals surface area contributed by atoms with E-state index in [2.05, 4.69) is 10.1 Å². The standard InChI is InChI=1S/C15H11ClF3NO2/c16-12-8-10(3-6-13(12)17)20-14(21)7-9-1-4-11(5-2-9)22-15(18)19/h1-6,8,15H,7H2,(H,20,21). The number of halogens is 4. The molecule has 0 fully saturated rings. The minimum absolute atomic E-state index is 0.0180. The van der Waals surface area contributed by atoms with Crippen molar-refractivity contribution in [2.24, 2.45) is 0 Å². The number of benzene rings is 2. The minimum Gasteiger partial charge on any atom is -0.435 e. The van der Waals surface area contributed by atoms with E-state index in [-0.39, 0.29) is 23.1 Å². The van der Waals surface area contributed by atoms with Gasteiger partial charge in [0.1, 0.15) is 11.6 Å². The Morgan fingerprint density at radius 1 is 1.18 bits per heavy atom. The first-order valence-corrected chi connectivity index (χ1v) is 6.60. The number of hydrogen-bond donors (Lipinski definition) is 1. The maximum absolute atomic E-state index is 13.0. The molecule has 2 rings (SSSR count). The molecule has 0 heterocycles. The van der Waals surface area contributed by atoms with Crippen LogP contribution in [0, 0.1) is 5.82 Å². The SMILES string of the molecule is O=C(Cc1ccc(OC(F)F)cc1)Nc1ccc(F)c(Cl)c1. The second kappa shape index (κ2) is 7.17. The lowest BCUT2D eigenvalue weighted by molar-refractivity contribution is -0.115. The van der Waals surface area contributed by atoms with Gasteiger partial charge in [-0.2, -0.15) is 8.78 Å². The van der Waals surface area contributed by atoms with Crippen molar-refractivity contribution >= 4 is 23.2 Å². The average Bonchev–Trinajstić information content (AvgIpc) is 2.44. The van der Waals surface area contributed by atoms with Gasteiger partial charge in [-0.05, 0) is 35.9 Å². The molecule has 7 heteroatoms. The van der Waals surface area contributed by atoms with Gasteiger partial charge in [-0.3, -0.25) is 4.79 Å². The molecule has 0 saturated heterocycles. The van der Waals surface area contributed by atoms with Crippen LogP contribution in [0.5, 0.6) is 5.75 Å². The third-order valence-corrected chi connectivity index (χ3v) is 3.01. The molecule has 0 aliphatic heterocycles. The van der Waals surface area contributed by atoms with Gasteiger partial charge in [0.2, 0.25) is 5.91 Å². The summed E-state index contributed by atoms with van der Waals surface area (Å²) in [5, 5.41) is 2.47. The summed E-state index contributed by atoms with van der Waals surface area (Å²) < 4.78 is 41.2. The third-order valence-electron chi connectivity index (χ3n) is 2.72. The molecular formula is C15H11ClF3NO2. The van der Waals surface area contributed by atoms with Crippen molar-refractivity contribution in [2.45, 2.75) is 13.0 Å². The van der Waals surface area contributed by atoms with Crippen LogP contribution in [0.4, 0.5) is 18.9 Å². The number of carbonyl (C=O) groups is 1. The largest absolute Gasteiger partial charge is 0.435 e. The van der Waals surface area contributed by atoms with E-state index < -0.39 is 12.4 Å². The number of hydrogen-bond acceptors (Lipinski definition) is 2. The van der Waals surface area contributed by atoms with Gasteiger partial charge < -0.3 is 10.1 Å². The molecule has 0 bridgehead atoms. The van der Waals surface area contributed by atoms with Gasteiger partial charge in [-0.25, -0.2) is 4.39 Å². The highest BCUT2D eigenvalue weighted by molar-refractivity contribution is 6.31. The summed E-state index contributed by atoms with van der Waals surface area (Å²) in [7, 11) is 0. The average molecular weight is 330 g/mol. The molecule has 3 nitrogen and oxygen atoms in total. The van der Waals surface area contributed by atoms with Crippen LogP contribution in [-0.4, -0.2) is 12.5 Å². The van der Waals surface area contributed by atoms with Gasteiger partial charge in [0.15, 0.2) is 0 Å². The first kappa shape index (κ1) is 16.2. The second-order valence-electron chi connectivity index (χ2n) is 4.38. The molecule has 0 aliphatic carbocycles. The summed E-state index contributed by atoms with van der Waals surface area (Å²) in [5.41, 5.74) is 0.987. The van der Waals surface area contributed by atoms with Crippen LogP contribution in [0.2, 0.25) is 5.02 Å². The van der Waals surface area contributed by atoms with Crippen LogP contribution in [0.25, 0.3) is 0 Å². The fourth-order valence-electron chi connectivity index (χ4n) is 1.75. The van der Waals surface area contributed by atoms with Crippen molar-refractivity contribution in [3.05, 3.63) is 58.9 Å². The number of nitrogens with one attached hydrogen (secondary N) is 1. The number of rotatable bonds is 5. The van der Waals surface area contributed by atoms with Crippen LogP contribution in [0.15, 0.2) is 42.5 Å². The monoisotopic (exact) mass is 329 g/mol. The molecule has 0 spiro atoms. The molecule has 1 N–H and O–H groups in total. The summed E-state index contributed by atoms with van der Waals surface area (Å²) in [6.07, 6.45) is 0.0317. The lowest BCUT2D eigenvalue weighted by atomic mass is 10.1. The molecule has 1 amide bonds. The Kier molecular flexibility index (Phi) is 5.27. The van der Waals surface area contributed by atoms with Crippen LogP contribution in [0.3, 0.4) is 0 Å². The Morgan fingerprint density at radius 3 is 2.45 bits per heavy atom. The fourth-order valence-corrected chi connectivity index (χ4v) is 1.93. The Balaban J connectivity index is 1.95. The highest BCUT2D eigenvalue weighted by Gasteiger charge is 2.08. The van der Waals surface area contributed by atoms with Gasteiger partial charge in [-0.1, -0.05) is 23.7 Å². The summed E-state index contributed by atoms with van der Waals surface area (Å²) in [5.74, 6) is -0.899. The molecule has 0 saturated carbocycles. The lowest BCUT2D eigenvalue weighted by Gasteiger charge is -2.07. The predicted octanol–water partition coefficient (Wildman–Crippen LogP) is 4.26. The zero-order chi connectivity index (χ0) is 16.1. The van der Waals surface area contributed by atoms with Crippen molar-refractivity contribution in [2.75, 3.05) is 5.32 Å². The predicted molar refractivity (Wildman–Crippen MR) is 76.8 cm³/mol. The summed E-state index contributed by atoms with van der Waals surface area (Å²) in [6, 6.07) is 9.55.